The SMILES string of the molecule is CO[C@H](CN)[C@@H](CN)OC. The minimum absolute atomic E-state index is 0.0880. The second-order valence-electron chi connectivity index (χ2n) is 2.02. The Kier molecular flexibility index (Phi) is 5.52. The van der Waals surface area contributed by atoms with Crippen molar-refractivity contribution in [3.05, 3.63) is 0 Å². The summed E-state index contributed by atoms with van der Waals surface area (Å²) in [6.07, 6.45) is -0.176. The van der Waals surface area contributed by atoms with E-state index in [1.165, 1.54) is 0 Å². The first kappa shape index (κ1) is 9.84. The maximum absolute atomic E-state index is 5.37. The molecule has 62 valence electrons. The third-order valence-electron chi connectivity index (χ3n) is 1.48. The van der Waals surface area contributed by atoms with Gasteiger partial charge in [-0.05, 0) is 0 Å². The highest BCUT2D eigenvalue weighted by Gasteiger charge is 2.16. The fraction of sp³-hybridized carbons (Fsp3) is 1.00. The summed E-state index contributed by atoms with van der Waals surface area (Å²) in [5.41, 5.74) is 10.7. The molecule has 0 aliphatic rings. The van der Waals surface area contributed by atoms with Gasteiger partial charge in [-0.1, -0.05) is 0 Å². The number of rotatable bonds is 5. The molecule has 0 aromatic heterocycles. The maximum atomic E-state index is 5.37. The monoisotopic (exact) mass is 148 g/mol. The molecule has 0 saturated heterocycles. The molecule has 0 aromatic rings. The van der Waals surface area contributed by atoms with Gasteiger partial charge in [-0.15, -0.1) is 0 Å². The van der Waals surface area contributed by atoms with E-state index in [2.05, 4.69) is 0 Å². The molecule has 0 bridgehead atoms. The van der Waals surface area contributed by atoms with Crippen molar-refractivity contribution in [3.63, 3.8) is 0 Å². The Morgan fingerprint density at radius 2 is 1.30 bits per heavy atom. The van der Waals surface area contributed by atoms with E-state index in [1.807, 2.05) is 0 Å². The van der Waals surface area contributed by atoms with Crippen LogP contribution in [0.4, 0.5) is 0 Å². The third kappa shape index (κ3) is 2.62. The Hall–Kier alpha value is -0.160. The van der Waals surface area contributed by atoms with Crippen LogP contribution in [-0.4, -0.2) is 39.5 Å². The van der Waals surface area contributed by atoms with Crippen molar-refractivity contribution in [1.29, 1.82) is 0 Å². The molecule has 0 aromatic carbocycles. The zero-order valence-electron chi connectivity index (χ0n) is 6.54. The lowest BCUT2D eigenvalue weighted by Crippen LogP contribution is -2.41. The fourth-order valence-electron chi connectivity index (χ4n) is 0.800. The van der Waals surface area contributed by atoms with E-state index >= 15 is 0 Å². The molecule has 0 unspecified atom stereocenters. The molecule has 0 heterocycles. The molecule has 10 heavy (non-hydrogen) atoms. The van der Waals surface area contributed by atoms with E-state index in [9.17, 15) is 0 Å². The van der Waals surface area contributed by atoms with Gasteiger partial charge < -0.3 is 20.9 Å². The normalized spacial score (nSPS) is 16.8. The molecular weight excluding hydrogens is 132 g/mol. The molecule has 0 amide bonds. The van der Waals surface area contributed by atoms with Crippen LogP contribution < -0.4 is 11.5 Å². The molecule has 0 fully saturated rings. The quantitative estimate of drug-likeness (QED) is 0.521. The van der Waals surface area contributed by atoms with Crippen LogP contribution >= 0.6 is 0 Å². The number of hydrogen-bond acceptors (Lipinski definition) is 4. The smallest absolute Gasteiger partial charge is 0.0966 e. The fourth-order valence-corrected chi connectivity index (χ4v) is 0.800. The number of nitrogens with two attached hydrogens (primary N) is 2. The van der Waals surface area contributed by atoms with Gasteiger partial charge in [0, 0.05) is 27.3 Å². The van der Waals surface area contributed by atoms with Crippen LogP contribution in [0, 0.1) is 0 Å². The van der Waals surface area contributed by atoms with Crippen LogP contribution in [0.1, 0.15) is 0 Å². The minimum atomic E-state index is -0.0880. The van der Waals surface area contributed by atoms with Gasteiger partial charge in [0.25, 0.3) is 0 Å². The zero-order chi connectivity index (χ0) is 7.98. The van der Waals surface area contributed by atoms with E-state index in [0.29, 0.717) is 13.1 Å². The third-order valence-corrected chi connectivity index (χ3v) is 1.48. The number of hydrogen-bond donors (Lipinski definition) is 2. The first-order valence-corrected chi connectivity index (χ1v) is 3.25. The van der Waals surface area contributed by atoms with Crippen molar-refractivity contribution >= 4 is 0 Å². The van der Waals surface area contributed by atoms with Crippen molar-refractivity contribution < 1.29 is 9.47 Å². The molecule has 0 aliphatic heterocycles. The van der Waals surface area contributed by atoms with Crippen molar-refractivity contribution in [1.82, 2.24) is 0 Å². The summed E-state index contributed by atoms with van der Waals surface area (Å²) in [6, 6.07) is 0. The highest BCUT2D eigenvalue weighted by Crippen LogP contribution is 1.98. The lowest BCUT2D eigenvalue weighted by Gasteiger charge is -2.21. The molecule has 4 heteroatoms. The van der Waals surface area contributed by atoms with Crippen LogP contribution in [-0.2, 0) is 9.47 Å². The van der Waals surface area contributed by atoms with E-state index in [4.69, 9.17) is 20.9 Å². The summed E-state index contributed by atoms with van der Waals surface area (Å²) < 4.78 is 10.0. The molecule has 2 atom stereocenters. The Bertz CT molecular complexity index is 62.1. The minimum Gasteiger partial charge on any atom is -0.377 e. The van der Waals surface area contributed by atoms with E-state index < -0.39 is 0 Å². The van der Waals surface area contributed by atoms with E-state index in [0.717, 1.165) is 0 Å². The van der Waals surface area contributed by atoms with Crippen LogP contribution in [0.3, 0.4) is 0 Å². The second-order valence-corrected chi connectivity index (χ2v) is 2.02. The molecule has 0 rings (SSSR count). The van der Waals surface area contributed by atoms with Crippen LogP contribution in [0.25, 0.3) is 0 Å². The average Bonchev–Trinajstić information content (AvgIpc) is 2.00. The van der Waals surface area contributed by atoms with Crippen molar-refractivity contribution in [2.45, 2.75) is 12.2 Å². The van der Waals surface area contributed by atoms with E-state index in [1.54, 1.807) is 14.2 Å². The summed E-state index contributed by atoms with van der Waals surface area (Å²) in [5, 5.41) is 0. The lowest BCUT2D eigenvalue weighted by molar-refractivity contribution is -0.0255. The second kappa shape index (κ2) is 5.61. The summed E-state index contributed by atoms with van der Waals surface area (Å²) >= 11 is 0. The molecule has 0 saturated carbocycles. The maximum Gasteiger partial charge on any atom is 0.0966 e. The molecule has 0 spiro atoms. The van der Waals surface area contributed by atoms with Gasteiger partial charge in [-0.25, -0.2) is 0 Å². The topological polar surface area (TPSA) is 70.5 Å². The first-order chi connectivity index (χ1) is 4.79. The van der Waals surface area contributed by atoms with Crippen molar-refractivity contribution in [2.75, 3.05) is 27.3 Å². The highest BCUT2D eigenvalue weighted by molar-refractivity contribution is 4.71. The summed E-state index contributed by atoms with van der Waals surface area (Å²) in [5.74, 6) is 0. The molecule has 0 aliphatic carbocycles. The molecule has 0 radical (unpaired) electrons. The number of ether oxygens (including phenoxy) is 2. The Morgan fingerprint density at radius 3 is 1.40 bits per heavy atom. The predicted octanol–water partition coefficient (Wildman–Crippen LogP) is -1.07. The summed E-state index contributed by atoms with van der Waals surface area (Å²) in [7, 11) is 3.19. The Morgan fingerprint density at radius 1 is 1.00 bits per heavy atom. The predicted molar refractivity (Wildman–Crippen MR) is 39.7 cm³/mol. The van der Waals surface area contributed by atoms with E-state index in [-0.39, 0.29) is 12.2 Å². The highest BCUT2D eigenvalue weighted by atomic mass is 16.5. The summed E-state index contributed by atoms with van der Waals surface area (Å²) in [4.78, 5) is 0. The van der Waals surface area contributed by atoms with Crippen LogP contribution in [0.15, 0.2) is 0 Å². The standard InChI is InChI=1S/C6H16N2O2/c1-9-5(3-7)6(4-8)10-2/h5-6H,3-4,7-8H2,1-2H3/t5-,6-/m1/s1. The molecular formula is C6H16N2O2. The first-order valence-electron chi connectivity index (χ1n) is 3.25. The van der Waals surface area contributed by atoms with Gasteiger partial charge in [0.1, 0.15) is 0 Å². The van der Waals surface area contributed by atoms with Crippen molar-refractivity contribution in [3.8, 4) is 0 Å². The molecule has 4 N–H and O–H groups in total. The van der Waals surface area contributed by atoms with Gasteiger partial charge in [-0.2, -0.15) is 0 Å². The lowest BCUT2D eigenvalue weighted by atomic mass is 10.2. The largest absolute Gasteiger partial charge is 0.377 e. The van der Waals surface area contributed by atoms with Gasteiger partial charge >= 0.3 is 0 Å². The average molecular weight is 148 g/mol. The van der Waals surface area contributed by atoms with Gasteiger partial charge in [0.05, 0.1) is 12.2 Å². The van der Waals surface area contributed by atoms with Crippen LogP contribution in [0.2, 0.25) is 0 Å². The Balaban J connectivity index is 3.70. The van der Waals surface area contributed by atoms with Gasteiger partial charge in [-0.3, -0.25) is 0 Å². The van der Waals surface area contributed by atoms with Gasteiger partial charge in [0.15, 0.2) is 0 Å². The zero-order valence-corrected chi connectivity index (χ0v) is 6.54. The van der Waals surface area contributed by atoms with Crippen LogP contribution in [0.5, 0.6) is 0 Å². The van der Waals surface area contributed by atoms with Crippen molar-refractivity contribution in [2.24, 2.45) is 11.5 Å². The Labute approximate surface area is 61.5 Å². The number of methoxy groups -OCH3 is 2. The summed E-state index contributed by atoms with van der Waals surface area (Å²) in [6.45, 7) is 0.873. The molecule has 4 nitrogen and oxygen atoms in total. The van der Waals surface area contributed by atoms with Gasteiger partial charge in [0.2, 0.25) is 0 Å².